The van der Waals surface area contributed by atoms with Gasteiger partial charge in [0, 0.05) is 4.88 Å². The zero-order chi connectivity index (χ0) is 13.2. The van der Waals surface area contributed by atoms with Crippen LogP contribution in [-0.4, -0.2) is 15.0 Å². The highest BCUT2D eigenvalue weighted by molar-refractivity contribution is 7.21. The van der Waals surface area contributed by atoms with Crippen LogP contribution in [0.4, 0.5) is 0 Å². The minimum absolute atomic E-state index is 0.137. The molecule has 19 heavy (non-hydrogen) atoms. The average molecular weight is 267 g/mol. The number of hydrogen-bond donors (Lipinski definition) is 0. The first-order valence-electron chi connectivity index (χ1n) is 5.66. The number of thiophene rings is 1. The summed E-state index contributed by atoms with van der Waals surface area (Å²) in [7, 11) is 0. The van der Waals surface area contributed by atoms with Crippen LogP contribution >= 0.6 is 11.3 Å². The third-order valence-electron chi connectivity index (χ3n) is 2.72. The Morgan fingerprint density at radius 3 is 2.84 bits per heavy atom. The summed E-state index contributed by atoms with van der Waals surface area (Å²) >= 11 is 1.45. The van der Waals surface area contributed by atoms with Crippen molar-refractivity contribution in [2.24, 2.45) is 0 Å². The van der Waals surface area contributed by atoms with Gasteiger partial charge in [0.05, 0.1) is 5.39 Å². The largest absolute Gasteiger partial charge is 0.279 e. The standard InChI is InChI=1S/C14H9N3OS/c1-2-8-17-14(18)11-9-12(19-13(11)15-16-17)10-6-4-3-5-7-10/h1,3-7,9H,8H2. The fourth-order valence-electron chi connectivity index (χ4n) is 1.82. The molecule has 2 heterocycles. The summed E-state index contributed by atoms with van der Waals surface area (Å²) in [4.78, 5) is 13.8. The molecule has 0 saturated heterocycles. The number of aromatic nitrogens is 3. The van der Waals surface area contributed by atoms with Crippen molar-refractivity contribution >= 4 is 21.6 Å². The van der Waals surface area contributed by atoms with Gasteiger partial charge in [0.2, 0.25) is 0 Å². The summed E-state index contributed by atoms with van der Waals surface area (Å²) in [6.45, 7) is 0.137. The second kappa shape index (κ2) is 4.67. The van der Waals surface area contributed by atoms with Crippen molar-refractivity contribution in [2.45, 2.75) is 6.54 Å². The van der Waals surface area contributed by atoms with Crippen LogP contribution in [0.3, 0.4) is 0 Å². The van der Waals surface area contributed by atoms with Crippen LogP contribution in [0, 0.1) is 12.3 Å². The molecule has 0 unspecified atom stereocenters. The van der Waals surface area contributed by atoms with E-state index >= 15 is 0 Å². The van der Waals surface area contributed by atoms with Gasteiger partial charge >= 0.3 is 0 Å². The quantitative estimate of drug-likeness (QED) is 0.668. The highest BCUT2D eigenvalue weighted by Gasteiger charge is 2.10. The zero-order valence-electron chi connectivity index (χ0n) is 9.91. The van der Waals surface area contributed by atoms with Gasteiger partial charge in [-0.05, 0) is 11.6 Å². The summed E-state index contributed by atoms with van der Waals surface area (Å²) in [5, 5.41) is 8.43. The number of rotatable bonds is 2. The molecule has 4 nitrogen and oxygen atoms in total. The Balaban J connectivity index is 2.20. The summed E-state index contributed by atoms with van der Waals surface area (Å²) in [6.07, 6.45) is 5.19. The maximum atomic E-state index is 12.1. The average Bonchev–Trinajstić information content (AvgIpc) is 2.88. The van der Waals surface area contributed by atoms with Gasteiger partial charge in [0.15, 0.2) is 4.83 Å². The molecule has 1 aromatic carbocycles. The first-order chi connectivity index (χ1) is 9.29. The highest BCUT2D eigenvalue weighted by Crippen LogP contribution is 2.30. The van der Waals surface area contributed by atoms with E-state index in [4.69, 9.17) is 6.42 Å². The molecule has 0 aliphatic carbocycles. The van der Waals surface area contributed by atoms with E-state index < -0.39 is 0 Å². The van der Waals surface area contributed by atoms with Gasteiger partial charge < -0.3 is 0 Å². The second-order valence-corrected chi connectivity index (χ2v) is 4.98. The van der Waals surface area contributed by atoms with Gasteiger partial charge in [-0.3, -0.25) is 4.79 Å². The predicted octanol–water partition coefficient (Wildman–Crippen LogP) is 2.15. The lowest BCUT2D eigenvalue weighted by Crippen LogP contribution is -2.22. The minimum Gasteiger partial charge on any atom is -0.267 e. The molecule has 0 N–H and O–H groups in total. The van der Waals surface area contributed by atoms with E-state index in [1.54, 1.807) is 0 Å². The van der Waals surface area contributed by atoms with Gasteiger partial charge in [0.25, 0.3) is 5.56 Å². The van der Waals surface area contributed by atoms with Crippen molar-refractivity contribution in [3.8, 4) is 22.8 Å². The zero-order valence-corrected chi connectivity index (χ0v) is 10.7. The summed E-state index contributed by atoms with van der Waals surface area (Å²) in [5.74, 6) is 2.39. The molecule has 0 aliphatic heterocycles. The summed E-state index contributed by atoms with van der Waals surface area (Å²) < 4.78 is 1.20. The number of terminal acetylenes is 1. The first-order valence-corrected chi connectivity index (χ1v) is 6.47. The Hall–Kier alpha value is -2.45. The van der Waals surface area contributed by atoms with E-state index in [0.717, 1.165) is 10.4 Å². The topological polar surface area (TPSA) is 47.8 Å². The summed E-state index contributed by atoms with van der Waals surface area (Å²) in [6, 6.07) is 11.7. The fourth-order valence-corrected chi connectivity index (χ4v) is 2.79. The number of fused-ring (bicyclic) bond motifs is 1. The second-order valence-electron chi connectivity index (χ2n) is 3.95. The number of hydrogen-bond acceptors (Lipinski definition) is 4. The lowest BCUT2D eigenvalue weighted by Gasteiger charge is -1.95. The van der Waals surface area contributed by atoms with Crippen LogP contribution in [0.2, 0.25) is 0 Å². The minimum atomic E-state index is -0.193. The molecule has 92 valence electrons. The van der Waals surface area contributed by atoms with Gasteiger partial charge in [0.1, 0.15) is 6.54 Å². The fraction of sp³-hybridized carbons (Fsp3) is 0.0714. The molecule has 5 heteroatoms. The van der Waals surface area contributed by atoms with Crippen LogP contribution in [0.15, 0.2) is 41.2 Å². The molecule has 0 bridgehead atoms. The lowest BCUT2D eigenvalue weighted by atomic mass is 10.2. The van der Waals surface area contributed by atoms with E-state index in [9.17, 15) is 4.79 Å². The Bertz CT molecular complexity index is 827. The molecular weight excluding hydrogens is 258 g/mol. The molecule has 3 aromatic rings. The lowest BCUT2D eigenvalue weighted by molar-refractivity contribution is 0.621. The van der Waals surface area contributed by atoms with Crippen molar-refractivity contribution < 1.29 is 0 Å². The molecule has 0 amide bonds. The Morgan fingerprint density at radius 1 is 1.32 bits per heavy atom. The Labute approximate surface area is 113 Å². The van der Waals surface area contributed by atoms with Gasteiger partial charge in [-0.25, -0.2) is 0 Å². The van der Waals surface area contributed by atoms with Gasteiger partial charge in [-0.1, -0.05) is 41.5 Å². The van der Waals surface area contributed by atoms with Crippen molar-refractivity contribution in [1.29, 1.82) is 0 Å². The van der Waals surface area contributed by atoms with Crippen molar-refractivity contribution in [1.82, 2.24) is 15.0 Å². The van der Waals surface area contributed by atoms with Gasteiger partial charge in [-0.15, -0.1) is 22.9 Å². The molecular formula is C14H9N3OS. The monoisotopic (exact) mass is 267 g/mol. The Kier molecular flexibility index (Phi) is 2.86. The van der Waals surface area contributed by atoms with E-state index in [-0.39, 0.29) is 12.1 Å². The molecule has 2 aromatic heterocycles. The summed E-state index contributed by atoms with van der Waals surface area (Å²) in [5.41, 5.74) is 0.870. The van der Waals surface area contributed by atoms with E-state index in [2.05, 4.69) is 16.2 Å². The first kappa shape index (κ1) is 11.6. The highest BCUT2D eigenvalue weighted by atomic mass is 32.1. The SMILES string of the molecule is C#CCn1nnc2sc(-c3ccccc3)cc2c1=O. The predicted molar refractivity (Wildman–Crippen MR) is 75.9 cm³/mol. The third-order valence-corrected chi connectivity index (χ3v) is 3.79. The molecule has 0 atom stereocenters. The Morgan fingerprint density at radius 2 is 2.11 bits per heavy atom. The van der Waals surface area contributed by atoms with E-state index in [0.29, 0.717) is 10.2 Å². The van der Waals surface area contributed by atoms with E-state index in [1.807, 2.05) is 36.4 Å². The molecule has 0 saturated carbocycles. The molecule has 0 fully saturated rings. The third kappa shape index (κ3) is 2.02. The number of nitrogens with zero attached hydrogens (tertiary/aromatic N) is 3. The van der Waals surface area contributed by atoms with Crippen molar-refractivity contribution in [3.63, 3.8) is 0 Å². The molecule has 3 rings (SSSR count). The van der Waals surface area contributed by atoms with Crippen LogP contribution in [0.1, 0.15) is 0 Å². The van der Waals surface area contributed by atoms with Crippen LogP contribution < -0.4 is 5.56 Å². The van der Waals surface area contributed by atoms with Crippen LogP contribution in [0.25, 0.3) is 20.7 Å². The maximum absolute atomic E-state index is 12.1. The molecule has 0 radical (unpaired) electrons. The molecule has 0 aliphatic rings. The van der Waals surface area contributed by atoms with Crippen LogP contribution in [0.5, 0.6) is 0 Å². The van der Waals surface area contributed by atoms with Crippen LogP contribution in [-0.2, 0) is 6.54 Å². The van der Waals surface area contributed by atoms with E-state index in [1.165, 1.54) is 16.0 Å². The van der Waals surface area contributed by atoms with Crippen molar-refractivity contribution in [2.75, 3.05) is 0 Å². The smallest absolute Gasteiger partial charge is 0.267 e. The number of benzene rings is 1. The normalized spacial score (nSPS) is 10.5. The van der Waals surface area contributed by atoms with Gasteiger partial charge in [-0.2, -0.15) is 4.68 Å². The molecule has 0 spiro atoms. The van der Waals surface area contributed by atoms with Crippen molar-refractivity contribution in [3.05, 3.63) is 46.8 Å². The maximum Gasteiger partial charge on any atom is 0.279 e.